The quantitative estimate of drug-likeness (QED) is 0.387. The van der Waals surface area contributed by atoms with Gasteiger partial charge in [0.1, 0.15) is 0 Å². The van der Waals surface area contributed by atoms with Gasteiger partial charge in [0.25, 0.3) is 10.1 Å². The van der Waals surface area contributed by atoms with Gasteiger partial charge < -0.3 is 9.79 Å². The van der Waals surface area contributed by atoms with Crippen LogP contribution in [0.5, 0.6) is 0 Å². The van der Waals surface area contributed by atoms with Crippen LogP contribution in [0.25, 0.3) is 0 Å². The van der Waals surface area contributed by atoms with Crippen LogP contribution in [-0.4, -0.2) is 29.0 Å². The Morgan fingerprint density at radius 3 is 1.18 bits per heavy atom. The minimum Gasteiger partial charge on any atom is -0.326 e. The van der Waals surface area contributed by atoms with Gasteiger partial charge in [-0.1, -0.05) is 14.9 Å². The lowest BCUT2D eigenvalue weighted by Crippen LogP contribution is -1.88. The summed E-state index contributed by atoms with van der Waals surface area (Å²) in [5, 5.41) is 0. The Morgan fingerprint density at radius 2 is 1.18 bits per heavy atom. The van der Waals surface area contributed by atoms with E-state index in [2.05, 4.69) is 0 Å². The summed E-state index contributed by atoms with van der Waals surface area (Å²) < 4.78 is 34.6. The molecular weight excluding hydrogens is 195 g/mol. The molecule has 0 spiro atoms. The van der Waals surface area contributed by atoms with Gasteiger partial charge in [-0.2, -0.15) is 8.42 Å². The van der Waals surface area contributed by atoms with E-state index in [-0.39, 0.29) is 14.9 Å². The zero-order chi connectivity index (χ0) is 8.08. The Bertz CT molecular complexity index is 160. The predicted octanol–water partition coefficient (Wildman–Crippen LogP) is 0.137. The van der Waals surface area contributed by atoms with Gasteiger partial charge in [0.05, 0.1) is 6.26 Å². The molecular formula is C3H15O6PS. The van der Waals surface area contributed by atoms with E-state index in [4.69, 9.17) is 18.9 Å². The first-order chi connectivity index (χ1) is 3.73. The molecule has 0 aliphatic heterocycles. The summed E-state index contributed by atoms with van der Waals surface area (Å²) in [6.07, 6.45) is 0.715. The van der Waals surface area contributed by atoms with Crippen molar-refractivity contribution >= 4 is 18.4 Å². The first-order valence-corrected chi connectivity index (χ1v) is 4.73. The molecule has 8 heteroatoms. The largest absolute Gasteiger partial charge is 0.326 e. The van der Waals surface area contributed by atoms with Crippen molar-refractivity contribution in [3.63, 3.8) is 0 Å². The molecule has 0 bridgehead atoms. The molecule has 74 valence electrons. The summed E-state index contributed by atoms with van der Waals surface area (Å²) in [7, 11) is -6.80. The molecule has 6 nitrogen and oxygen atoms in total. The van der Waals surface area contributed by atoms with Crippen LogP contribution >= 0.6 is 8.25 Å². The highest BCUT2D eigenvalue weighted by Gasteiger charge is 1.81. The van der Waals surface area contributed by atoms with Gasteiger partial charge in [0.2, 0.25) is 0 Å². The highest BCUT2D eigenvalue weighted by Crippen LogP contribution is 1.98. The summed E-state index contributed by atoms with van der Waals surface area (Å²) in [4.78, 5) is 14.3. The lowest BCUT2D eigenvalue weighted by Gasteiger charge is -1.69. The van der Waals surface area contributed by atoms with Gasteiger partial charge >= 0.3 is 8.25 Å². The number of hydrogen-bond donors (Lipinski definition) is 3. The summed E-state index contributed by atoms with van der Waals surface area (Å²) in [5.74, 6) is 0. The van der Waals surface area contributed by atoms with Crippen molar-refractivity contribution in [2.75, 3.05) is 6.26 Å². The lowest BCUT2D eigenvalue weighted by atomic mass is 12.0. The van der Waals surface area contributed by atoms with E-state index >= 15 is 0 Å². The second-order valence-corrected chi connectivity index (χ2v) is 3.05. The van der Waals surface area contributed by atoms with Gasteiger partial charge in [0.15, 0.2) is 0 Å². The van der Waals surface area contributed by atoms with Crippen LogP contribution in [0.3, 0.4) is 0 Å². The maximum atomic E-state index is 9.19. The van der Waals surface area contributed by atoms with Crippen molar-refractivity contribution in [1.82, 2.24) is 0 Å². The molecule has 0 unspecified atom stereocenters. The molecule has 0 saturated heterocycles. The maximum Gasteiger partial charge on any atom is 0.314 e. The molecule has 0 atom stereocenters. The highest BCUT2D eigenvalue weighted by molar-refractivity contribution is 7.85. The monoisotopic (exact) mass is 210 g/mol. The van der Waals surface area contributed by atoms with Crippen molar-refractivity contribution in [1.29, 1.82) is 0 Å². The molecule has 0 aromatic heterocycles. The van der Waals surface area contributed by atoms with Crippen LogP contribution in [0, 0.1) is 0 Å². The zero-order valence-corrected chi connectivity index (χ0v) is 6.29. The molecule has 0 saturated carbocycles. The summed E-state index contributed by atoms with van der Waals surface area (Å²) in [6.45, 7) is 0. The maximum absolute atomic E-state index is 9.19. The predicted molar refractivity (Wildman–Crippen MR) is 44.4 cm³/mol. The number of hydrogen-bond acceptors (Lipinski definition) is 3. The molecule has 0 aromatic carbocycles. The Balaban J connectivity index is -0.0000000383. The zero-order valence-electron chi connectivity index (χ0n) is 4.47. The van der Waals surface area contributed by atoms with E-state index in [1.807, 2.05) is 0 Å². The van der Waals surface area contributed by atoms with Crippen LogP contribution in [0.2, 0.25) is 0 Å². The van der Waals surface area contributed by atoms with Crippen molar-refractivity contribution in [2.24, 2.45) is 0 Å². The van der Waals surface area contributed by atoms with Crippen molar-refractivity contribution in [3.8, 4) is 0 Å². The first kappa shape index (κ1) is 22.5. The molecule has 11 heavy (non-hydrogen) atoms. The van der Waals surface area contributed by atoms with Gasteiger partial charge in [-0.15, -0.1) is 0 Å². The molecule has 0 heterocycles. The Morgan fingerprint density at radius 1 is 1.18 bits per heavy atom. The van der Waals surface area contributed by atoms with E-state index in [1.165, 1.54) is 0 Å². The normalized spacial score (nSPS) is 8.45. The molecule has 0 aliphatic rings. The highest BCUT2D eigenvalue weighted by atomic mass is 32.2. The van der Waals surface area contributed by atoms with Crippen molar-refractivity contribution in [2.45, 2.75) is 14.9 Å². The Kier molecular flexibility index (Phi) is 20.5. The van der Waals surface area contributed by atoms with E-state index in [0.717, 1.165) is 0 Å². The fourth-order valence-corrected chi connectivity index (χ4v) is 0. The van der Waals surface area contributed by atoms with Gasteiger partial charge in [-0.05, 0) is 0 Å². The van der Waals surface area contributed by atoms with E-state index in [1.54, 1.807) is 0 Å². The Hall–Kier alpha value is 0.0600. The van der Waals surface area contributed by atoms with E-state index in [0.29, 0.717) is 6.26 Å². The van der Waals surface area contributed by atoms with Crippen molar-refractivity contribution < 1.29 is 27.3 Å². The summed E-state index contributed by atoms with van der Waals surface area (Å²) in [6, 6.07) is 0. The minimum atomic E-state index is -3.67. The van der Waals surface area contributed by atoms with Gasteiger partial charge in [0, 0.05) is 0 Å². The molecule has 0 aromatic rings. The van der Waals surface area contributed by atoms with Crippen LogP contribution < -0.4 is 0 Å². The molecule has 0 fully saturated rings. The Labute approximate surface area is 67.6 Å². The van der Waals surface area contributed by atoms with Crippen LogP contribution in [0.4, 0.5) is 0 Å². The fourth-order valence-electron chi connectivity index (χ4n) is 0. The fraction of sp³-hybridized carbons (Fsp3) is 1.00. The third kappa shape index (κ3) is 182000. The minimum absolute atomic E-state index is 0. The molecule has 3 N–H and O–H groups in total. The summed E-state index contributed by atoms with van der Waals surface area (Å²) >= 11 is 0. The molecule has 0 aliphatic carbocycles. The van der Waals surface area contributed by atoms with Gasteiger partial charge in [-0.25, -0.2) is 0 Å². The third-order valence-electron chi connectivity index (χ3n) is 0. The van der Waals surface area contributed by atoms with Crippen LogP contribution in [-0.2, 0) is 14.7 Å². The molecule has 0 amide bonds. The second-order valence-electron chi connectivity index (χ2n) is 1.02. The third-order valence-corrected chi connectivity index (χ3v) is 0. The summed E-state index contributed by atoms with van der Waals surface area (Å²) in [5.41, 5.74) is 0. The van der Waals surface area contributed by atoms with Crippen LogP contribution in [0.1, 0.15) is 14.9 Å². The average molecular weight is 210 g/mol. The molecule has 0 rings (SSSR count). The van der Waals surface area contributed by atoms with Crippen LogP contribution in [0.15, 0.2) is 0 Å². The molecule has 0 radical (unpaired) electrons. The standard InChI is InChI=1S/CH4O3S.2CH4.H3O3P/c1-5(2,3)4;;;1-4(2)3/h1H3,(H,2,3,4);2*1H4;4H,(H2,1,2,3). The van der Waals surface area contributed by atoms with Crippen molar-refractivity contribution in [3.05, 3.63) is 0 Å². The first-order valence-electron chi connectivity index (χ1n) is 1.58. The SMILES string of the molecule is C.C.CS(=O)(=O)O.O=[PH](O)O. The smallest absolute Gasteiger partial charge is 0.314 e. The lowest BCUT2D eigenvalue weighted by molar-refractivity contribution is 0.405. The number of rotatable bonds is 0. The average Bonchev–Trinajstić information content (AvgIpc) is 1.19. The van der Waals surface area contributed by atoms with E-state index in [9.17, 15) is 8.42 Å². The topological polar surface area (TPSA) is 112 Å². The van der Waals surface area contributed by atoms with Gasteiger partial charge in [-0.3, -0.25) is 9.12 Å². The second kappa shape index (κ2) is 10.1. The van der Waals surface area contributed by atoms with E-state index < -0.39 is 18.4 Å².